The molecule has 0 N–H and O–H groups in total. The van der Waals surface area contributed by atoms with Gasteiger partial charge in [-0.05, 0) is 61.4 Å². The molecule has 0 fully saturated rings. The van der Waals surface area contributed by atoms with Crippen molar-refractivity contribution in [3.8, 4) is 5.75 Å². The molecule has 0 aliphatic rings. The van der Waals surface area contributed by atoms with E-state index in [1.165, 1.54) is 0 Å². The Bertz CT molecular complexity index is 1210. The van der Waals surface area contributed by atoms with Crippen molar-refractivity contribution in [2.45, 2.75) is 33.1 Å². The van der Waals surface area contributed by atoms with Gasteiger partial charge < -0.3 is 9.26 Å². The van der Waals surface area contributed by atoms with E-state index in [0.29, 0.717) is 28.7 Å². The summed E-state index contributed by atoms with van der Waals surface area (Å²) >= 11 is 5.99. The Labute approximate surface area is 179 Å². The minimum absolute atomic E-state index is 0.122. The van der Waals surface area contributed by atoms with Gasteiger partial charge in [0.15, 0.2) is 5.82 Å². The molecule has 0 radical (unpaired) electrons. The van der Waals surface area contributed by atoms with Crippen LogP contribution in [0.1, 0.15) is 46.7 Å². The average Bonchev–Trinajstić information content (AvgIpc) is 3.30. The lowest BCUT2D eigenvalue weighted by atomic mass is 10.1. The van der Waals surface area contributed by atoms with Gasteiger partial charge in [0.1, 0.15) is 5.75 Å². The van der Waals surface area contributed by atoms with Crippen molar-refractivity contribution in [3.05, 3.63) is 76.0 Å². The van der Waals surface area contributed by atoms with E-state index < -0.39 is 0 Å². The number of nitrogens with zero attached hydrogens (tertiary/aromatic N) is 3. The highest BCUT2D eigenvalue weighted by Crippen LogP contribution is 2.31. The minimum Gasteiger partial charge on any atom is -0.497 e. The summed E-state index contributed by atoms with van der Waals surface area (Å²) < 4.78 is 12.6. The minimum atomic E-state index is -0.122. The molecule has 0 aliphatic carbocycles. The Kier molecular flexibility index (Phi) is 5.59. The Balaban J connectivity index is 1.83. The van der Waals surface area contributed by atoms with Crippen molar-refractivity contribution in [1.82, 2.24) is 14.7 Å². The number of halogens is 1. The number of carbonyl (C=O) groups excluding carboxylic acids is 1. The molecule has 0 saturated heterocycles. The van der Waals surface area contributed by atoms with Gasteiger partial charge in [-0.25, -0.2) is 0 Å². The lowest BCUT2D eigenvalue weighted by Crippen LogP contribution is -2.13. The molecule has 0 aliphatic heterocycles. The molecule has 0 saturated carbocycles. The first-order valence-electron chi connectivity index (χ1n) is 9.81. The van der Waals surface area contributed by atoms with Crippen LogP contribution in [-0.4, -0.2) is 27.7 Å². The summed E-state index contributed by atoms with van der Waals surface area (Å²) in [6, 6.07) is 12.6. The van der Waals surface area contributed by atoms with E-state index in [0.717, 1.165) is 40.8 Å². The molecular formula is C23H22ClN3O3. The topological polar surface area (TPSA) is 70.2 Å². The molecular weight excluding hydrogens is 402 g/mol. The number of aryl methyl sites for hydroxylation is 1. The quantitative estimate of drug-likeness (QED) is 0.425. The van der Waals surface area contributed by atoms with Gasteiger partial charge in [-0.3, -0.25) is 9.36 Å². The van der Waals surface area contributed by atoms with Gasteiger partial charge >= 0.3 is 0 Å². The second kappa shape index (κ2) is 8.32. The van der Waals surface area contributed by atoms with Crippen LogP contribution in [0.5, 0.6) is 5.75 Å². The number of ether oxygens (including phenoxy) is 1. The van der Waals surface area contributed by atoms with Crippen molar-refractivity contribution in [3.63, 3.8) is 0 Å². The van der Waals surface area contributed by atoms with Gasteiger partial charge in [-0.2, -0.15) is 4.98 Å². The summed E-state index contributed by atoms with van der Waals surface area (Å²) in [6.45, 7) is 4.00. The molecule has 4 aromatic rings. The van der Waals surface area contributed by atoms with Crippen LogP contribution in [0.25, 0.3) is 10.9 Å². The first-order chi connectivity index (χ1) is 14.5. The van der Waals surface area contributed by atoms with Crippen LogP contribution in [0.15, 0.2) is 47.0 Å². The van der Waals surface area contributed by atoms with Gasteiger partial charge in [0.05, 0.1) is 19.0 Å². The third-order valence-corrected chi connectivity index (χ3v) is 5.40. The maximum absolute atomic E-state index is 13.3. The van der Waals surface area contributed by atoms with Crippen LogP contribution in [0.3, 0.4) is 0 Å². The fourth-order valence-electron chi connectivity index (χ4n) is 3.63. The van der Waals surface area contributed by atoms with Crippen LogP contribution >= 0.6 is 11.6 Å². The summed E-state index contributed by atoms with van der Waals surface area (Å²) in [5.74, 6) is 1.82. The molecule has 154 valence electrons. The van der Waals surface area contributed by atoms with Gasteiger partial charge in [-0.1, -0.05) is 23.7 Å². The first kappa shape index (κ1) is 20.2. The van der Waals surface area contributed by atoms with Crippen LogP contribution in [0.4, 0.5) is 0 Å². The van der Waals surface area contributed by atoms with Crippen molar-refractivity contribution >= 4 is 28.4 Å². The lowest BCUT2D eigenvalue weighted by Gasteiger charge is -2.08. The number of benzene rings is 2. The smallest absolute Gasteiger partial charge is 0.262 e. The number of aromatic nitrogens is 3. The van der Waals surface area contributed by atoms with E-state index in [1.54, 1.807) is 35.9 Å². The number of carbonyl (C=O) groups is 1. The number of methoxy groups -OCH3 is 1. The Morgan fingerprint density at radius 3 is 2.67 bits per heavy atom. The zero-order valence-corrected chi connectivity index (χ0v) is 17.9. The number of hydrogen-bond acceptors (Lipinski definition) is 5. The third-order valence-electron chi connectivity index (χ3n) is 5.15. The van der Waals surface area contributed by atoms with Crippen molar-refractivity contribution in [2.75, 3.05) is 7.11 Å². The maximum atomic E-state index is 13.3. The molecule has 2 aromatic heterocycles. The van der Waals surface area contributed by atoms with Gasteiger partial charge in [0.2, 0.25) is 5.89 Å². The van der Waals surface area contributed by atoms with E-state index in [9.17, 15) is 4.79 Å². The average molecular weight is 424 g/mol. The third kappa shape index (κ3) is 3.71. The molecule has 0 unspecified atom stereocenters. The second-order valence-electron chi connectivity index (χ2n) is 7.13. The standard InChI is InChI=1S/C23H22ClN3O3/c1-4-5-21-25-22(30-26-21)13-18-14(2)27(20-11-10-17(29-3)12-19(18)20)23(28)15-6-8-16(24)9-7-15/h6-12H,4-5,13H2,1-3H3. The van der Waals surface area contributed by atoms with E-state index in [-0.39, 0.29) is 5.91 Å². The fourth-order valence-corrected chi connectivity index (χ4v) is 3.76. The molecule has 30 heavy (non-hydrogen) atoms. The second-order valence-corrected chi connectivity index (χ2v) is 7.56. The summed E-state index contributed by atoms with van der Waals surface area (Å²) in [7, 11) is 1.62. The van der Waals surface area contributed by atoms with E-state index >= 15 is 0 Å². The van der Waals surface area contributed by atoms with Crippen LogP contribution in [0, 0.1) is 6.92 Å². The zero-order chi connectivity index (χ0) is 21.3. The Hall–Kier alpha value is -3.12. The van der Waals surface area contributed by atoms with Crippen molar-refractivity contribution in [2.24, 2.45) is 0 Å². The molecule has 7 heteroatoms. The number of fused-ring (bicyclic) bond motifs is 1. The summed E-state index contributed by atoms with van der Waals surface area (Å²) in [4.78, 5) is 17.8. The summed E-state index contributed by atoms with van der Waals surface area (Å²) in [5.41, 5.74) is 3.15. The molecule has 0 atom stereocenters. The van der Waals surface area contributed by atoms with E-state index in [4.69, 9.17) is 20.9 Å². The normalized spacial score (nSPS) is 11.2. The monoisotopic (exact) mass is 423 g/mol. The van der Waals surface area contributed by atoms with E-state index in [1.807, 2.05) is 25.1 Å². The van der Waals surface area contributed by atoms with Crippen LogP contribution in [0.2, 0.25) is 5.02 Å². The molecule has 0 spiro atoms. The molecule has 2 aromatic carbocycles. The zero-order valence-electron chi connectivity index (χ0n) is 17.1. The van der Waals surface area contributed by atoms with Gasteiger partial charge in [-0.15, -0.1) is 0 Å². The van der Waals surface area contributed by atoms with Crippen molar-refractivity contribution < 1.29 is 14.1 Å². The number of hydrogen-bond donors (Lipinski definition) is 0. The Morgan fingerprint density at radius 1 is 1.20 bits per heavy atom. The van der Waals surface area contributed by atoms with E-state index in [2.05, 4.69) is 17.1 Å². The fraction of sp³-hybridized carbons (Fsp3) is 0.261. The largest absolute Gasteiger partial charge is 0.497 e. The molecule has 6 nitrogen and oxygen atoms in total. The molecule has 0 bridgehead atoms. The maximum Gasteiger partial charge on any atom is 0.262 e. The number of rotatable bonds is 6. The van der Waals surface area contributed by atoms with Crippen molar-refractivity contribution in [1.29, 1.82) is 0 Å². The Morgan fingerprint density at radius 2 is 1.97 bits per heavy atom. The van der Waals surface area contributed by atoms with Crippen LogP contribution in [-0.2, 0) is 12.8 Å². The van der Waals surface area contributed by atoms with Gasteiger partial charge in [0, 0.05) is 28.1 Å². The highest BCUT2D eigenvalue weighted by atomic mass is 35.5. The molecule has 4 rings (SSSR count). The lowest BCUT2D eigenvalue weighted by molar-refractivity contribution is 0.0963. The van der Waals surface area contributed by atoms with Gasteiger partial charge in [0.25, 0.3) is 5.91 Å². The van der Waals surface area contributed by atoms with Crippen LogP contribution < -0.4 is 4.74 Å². The highest BCUT2D eigenvalue weighted by molar-refractivity contribution is 6.30. The highest BCUT2D eigenvalue weighted by Gasteiger charge is 2.22. The first-order valence-corrected chi connectivity index (χ1v) is 10.2. The SMILES string of the molecule is CCCc1noc(Cc2c(C)n(C(=O)c3ccc(Cl)cc3)c3ccc(OC)cc23)n1. The molecule has 0 amide bonds. The predicted molar refractivity (Wildman–Crippen MR) is 116 cm³/mol. The predicted octanol–water partition coefficient (Wildman–Crippen LogP) is 5.23. The molecule has 2 heterocycles. The summed E-state index contributed by atoms with van der Waals surface area (Å²) in [5, 5.41) is 5.56. The summed E-state index contributed by atoms with van der Waals surface area (Å²) in [6.07, 6.45) is 2.16.